The number of halogens is 1. The van der Waals surface area contributed by atoms with Gasteiger partial charge < -0.3 is 10.1 Å². The van der Waals surface area contributed by atoms with Gasteiger partial charge in [-0.3, -0.25) is 0 Å². The van der Waals surface area contributed by atoms with Crippen molar-refractivity contribution in [1.82, 2.24) is 5.32 Å². The fourth-order valence-corrected chi connectivity index (χ4v) is 3.00. The summed E-state index contributed by atoms with van der Waals surface area (Å²) < 4.78 is 6.60. The van der Waals surface area contributed by atoms with Crippen LogP contribution < -0.4 is 10.1 Å². The molecule has 2 rings (SSSR count). The van der Waals surface area contributed by atoms with Crippen LogP contribution in [-0.2, 0) is 0 Å². The monoisotopic (exact) mass is 311 g/mol. The van der Waals surface area contributed by atoms with E-state index < -0.39 is 0 Å². The van der Waals surface area contributed by atoms with Crippen LogP contribution in [0, 0.1) is 5.92 Å². The molecule has 1 aliphatic carbocycles. The Balaban J connectivity index is 2.07. The van der Waals surface area contributed by atoms with Gasteiger partial charge >= 0.3 is 0 Å². The Morgan fingerprint density at radius 2 is 2.22 bits per heavy atom. The Morgan fingerprint density at radius 1 is 1.44 bits per heavy atom. The first-order valence-corrected chi connectivity index (χ1v) is 7.63. The van der Waals surface area contributed by atoms with E-state index >= 15 is 0 Å². The standard InChI is InChI=1S/C15H22BrNO/c1-3-18-15-8-7-12(10-13(15)16)14(17-2)9-11-5-4-6-11/h7-8,10-11,14,17H,3-6,9H2,1-2H3. The third-order valence-electron chi connectivity index (χ3n) is 3.80. The molecule has 1 aliphatic rings. The van der Waals surface area contributed by atoms with E-state index in [4.69, 9.17) is 4.74 Å². The predicted molar refractivity (Wildman–Crippen MR) is 79.1 cm³/mol. The van der Waals surface area contributed by atoms with Crippen molar-refractivity contribution in [3.63, 3.8) is 0 Å². The minimum atomic E-state index is 0.460. The van der Waals surface area contributed by atoms with E-state index in [2.05, 4.69) is 39.4 Å². The molecule has 100 valence electrons. The van der Waals surface area contributed by atoms with Gasteiger partial charge in [0.1, 0.15) is 5.75 Å². The number of ether oxygens (including phenoxy) is 1. The SMILES string of the molecule is CCOc1ccc(C(CC2CCC2)NC)cc1Br. The second-order valence-electron chi connectivity index (χ2n) is 5.00. The lowest BCUT2D eigenvalue weighted by atomic mass is 9.79. The van der Waals surface area contributed by atoms with Crippen molar-refractivity contribution in [2.45, 2.75) is 38.6 Å². The third kappa shape index (κ3) is 3.27. The highest BCUT2D eigenvalue weighted by molar-refractivity contribution is 9.10. The number of benzene rings is 1. The van der Waals surface area contributed by atoms with Crippen molar-refractivity contribution in [2.24, 2.45) is 5.92 Å². The van der Waals surface area contributed by atoms with E-state index in [0.717, 1.165) is 16.1 Å². The van der Waals surface area contributed by atoms with Crippen molar-refractivity contribution in [2.75, 3.05) is 13.7 Å². The molecule has 1 aromatic carbocycles. The lowest BCUT2D eigenvalue weighted by Crippen LogP contribution is -2.23. The van der Waals surface area contributed by atoms with E-state index in [1.165, 1.54) is 31.2 Å². The molecule has 1 saturated carbocycles. The number of nitrogens with one attached hydrogen (secondary N) is 1. The fourth-order valence-electron chi connectivity index (χ4n) is 2.49. The highest BCUT2D eigenvalue weighted by Crippen LogP contribution is 2.36. The van der Waals surface area contributed by atoms with Crippen LogP contribution in [0.3, 0.4) is 0 Å². The molecule has 1 fully saturated rings. The summed E-state index contributed by atoms with van der Waals surface area (Å²) in [6.07, 6.45) is 5.46. The topological polar surface area (TPSA) is 21.3 Å². The van der Waals surface area contributed by atoms with E-state index in [0.29, 0.717) is 12.6 Å². The Hall–Kier alpha value is -0.540. The summed E-state index contributed by atoms with van der Waals surface area (Å²) in [6, 6.07) is 6.89. The van der Waals surface area contributed by atoms with Gasteiger partial charge in [0.05, 0.1) is 11.1 Å². The molecule has 0 radical (unpaired) electrons. The zero-order valence-electron chi connectivity index (χ0n) is 11.2. The highest BCUT2D eigenvalue weighted by Gasteiger charge is 2.22. The Bertz CT molecular complexity index is 390. The third-order valence-corrected chi connectivity index (χ3v) is 4.42. The molecule has 1 N–H and O–H groups in total. The average molecular weight is 312 g/mol. The Labute approximate surface area is 118 Å². The van der Waals surface area contributed by atoms with Crippen LogP contribution in [0.4, 0.5) is 0 Å². The maximum absolute atomic E-state index is 5.55. The van der Waals surface area contributed by atoms with E-state index in [1.807, 2.05) is 14.0 Å². The van der Waals surface area contributed by atoms with Gasteiger partial charge in [0, 0.05) is 6.04 Å². The van der Waals surface area contributed by atoms with Crippen LogP contribution in [0.25, 0.3) is 0 Å². The van der Waals surface area contributed by atoms with Crippen molar-refractivity contribution in [3.8, 4) is 5.75 Å². The van der Waals surface area contributed by atoms with Gasteiger partial charge in [0.15, 0.2) is 0 Å². The quantitative estimate of drug-likeness (QED) is 0.845. The molecule has 1 unspecified atom stereocenters. The lowest BCUT2D eigenvalue weighted by Gasteiger charge is -2.30. The summed E-state index contributed by atoms with van der Waals surface area (Å²) in [6.45, 7) is 2.71. The molecule has 3 heteroatoms. The zero-order chi connectivity index (χ0) is 13.0. The predicted octanol–water partition coefficient (Wildman–Crippen LogP) is 4.30. The largest absolute Gasteiger partial charge is 0.493 e. The van der Waals surface area contributed by atoms with E-state index in [-0.39, 0.29) is 0 Å². The molecule has 0 saturated heterocycles. The summed E-state index contributed by atoms with van der Waals surface area (Å²) in [7, 11) is 2.05. The number of hydrogen-bond acceptors (Lipinski definition) is 2. The molecular formula is C15H22BrNO. The van der Waals surface area contributed by atoms with Crippen LogP contribution in [-0.4, -0.2) is 13.7 Å². The van der Waals surface area contributed by atoms with Gasteiger partial charge in [-0.15, -0.1) is 0 Å². The minimum absolute atomic E-state index is 0.460. The average Bonchev–Trinajstić information content (AvgIpc) is 2.31. The first-order valence-electron chi connectivity index (χ1n) is 6.84. The summed E-state index contributed by atoms with van der Waals surface area (Å²) in [5.74, 6) is 1.84. The highest BCUT2D eigenvalue weighted by atomic mass is 79.9. The molecular weight excluding hydrogens is 290 g/mol. The number of hydrogen-bond donors (Lipinski definition) is 1. The summed E-state index contributed by atoms with van der Waals surface area (Å²) in [4.78, 5) is 0. The molecule has 1 atom stereocenters. The molecule has 1 aromatic rings. The summed E-state index contributed by atoms with van der Waals surface area (Å²) >= 11 is 3.59. The minimum Gasteiger partial charge on any atom is -0.493 e. The zero-order valence-corrected chi connectivity index (χ0v) is 12.8. The van der Waals surface area contributed by atoms with Gasteiger partial charge in [-0.2, -0.15) is 0 Å². The Morgan fingerprint density at radius 3 is 2.72 bits per heavy atom. The molecule has 0 amide bonds. The summed E-state index contributed by atoms with van der Waals surface area (Å²) in [5.41, 5.74) is 1.35. The van der Waals surface area contributed by atoms with E-state index in [9.17, 15) is 0 Å². The van der Waals surface area contributed by atoms with Crippen LogP contribution in [0.1, 0.15) is 44.2 Å². The van der Waals surface area contributed by atoms with Crippen LogP contribution in [0.5, 0.6) is 5.75 Å². The van der Waals surface area contributed by atoms with Crippen molar-refractivity contribution in [3.05, 3.63) is 28.2 Å². The molecule has 2 nitrogen and oxygen atoms in total. The lowest BCUT2D eigenvalue weighted by molar-refractivity contribution is 0.265. The second kappa shape index (κ2) is 6.58. The van der Waals surface area contributed by atoms with Crippen molar-refractivity contribution in [1.29, 1.82) is 0 Å². The first kappa shape index (κ1) is 13.9. The van der Waals surface area contributed by atoms with Crippen LogP contribution in [0.15, 0.2) is 22.7 Å². The molecule has 0 aliphatic heterocycles. The molecule has 0 heterocycles. The molecule has 0 bridgehead atoms. The van der Waals surface area contributed by atoms with Crippen LogP contribution >= 0.6 is 15.9 Å². The van der Waals surface area contributed by atoms with Gasteiger partial charge in [-0.1, -0.05) is 25.3 Å². The van der Waals surface area contributed by atoms with Crippen molar-refractivity contribution < 1.29 is 4.74 Å². The molecule has 18 heavy (non-hydrogen) atoms. The summed E-state index contributed by atoms with van der Waals surface area (Å²) in [5, 5.41) is 3.43. The van der Waals surface area contributed by atoms with Gasteiger partial charge in [0.25, 0.3) is 0 Å². The van der Waals surface area contributed by atoms with Gasteiger partial charge in [-0.25, -0.2) is 0 Å². The molecule has 0 spiro atoms. The molecule has 0 aromatic heterocycles. The van der Waals surface area contributed by atoms with Crippen molar-refractivity contribution >= 4 is 15.9 Å². The second-order valence-corrected chi connectivity index (χ2v) is 5.85. The Kier molecular flexibility index (Phi) is 5.07. The normalized spacial score (nSPS) is 17.3. The van der Waals surface area contributed by atoms with Crippen LogP contribution in [0.2, 0.25) is 0 Å². The maximum atomic E-state index is 5.55. The fraction of sp³-hybridized carbons (Fsp3) is 0.600. The van der Waals surface area contributed by atoms with Gasteiger partial charge in [-0.05, 0) is 59.9 Å². The number of rotatable bonds is 6. The van der Waals surface area contributed by atoms with Gasteiger partial charge in [0.2, 0.25) is 0 Å². The first-order chi connectivity index (χ1) is 8.74. The maximum Gasteiger partial charge on any atom is 0.133 e. The smallest absolute Gasteiger partial charge is 0.133 e. The van der Waals surface area contributed by atoms with E-state index in [1.54, 1.807) is 0 Å².